The average Bonchev–Trinajstić information content (AvgIpc) is 2.97. The van der Waals surface area contributed by atoms with Crippen molar-refractivity contribution in [2.75, 3.05) is 13.1 Å². The Balaban J connectivity index is 0.00000312. The second kappa shape index (κ2) is 10.9. The highest BCUT2D eigenvalue weighted by molar-refractivity contribution is 14.0. The molecule has 2 aromatic rings. The zero-order chi connectivity index (χ0) is 17.4. The largest absolute Gasteiger partial charge is 0.489 e. The SMILES string of the molecule is CCNC(=NCc1nncn1C)NCC(C)Oc1ccccc1C.I. The van der Waals surface area contributed by atoms with E-state index >= 15 is 0 Å². The number of aromatic nitrogens is 3. The first-order valence-corrected chi connectivity index (χ1v) is 8.17. The van der Waals surface area contributed by atoms with Gasteiger partial charge in [-0.2, -0.15) is 0 Å². The monoisotopic (exact) mass is 458 g/mol. The molecule has 0 aliphatic rings. The lowest BCUT2D eigenvalue weighted by Crippen LogP contribution is -2.41. The molecule has 138 valence electrons. The molecule has 1 aromatic carbocycles. The van der Waals surface area contributed by atoms with Crippen LogP contribution in [0.25, 0.3) is 0 Å². The second-order valence-corrected chi connectivity index (χ2v) is 5.63. The Morgan fingerprint density at radius 3 is 2.72 bits per heavy atom. The molecule has 1 heterocycles. The summed E-state index contributed by atoms with van der Waals surface area (Å²) in [6.07, 6.45) is 1.69. The molecule has 1 aromatic heterocycles. The van der Waals surface area contributed by atoms with Crippen LogP contribution in [-0.2, 0) is 13.6 Å². The Hall–Kier alpha value is -1.84. The zero-order valence-corrected chi connectivity index (χ0v) is 17.5. The molecule has 0 radical (unpaired) electrons. The number of halogens is 1. The lowest BCUT2D eigenvalue weighted by Gasteiger charge is -2.18. The van der Waals surface area contributed by atoms with Crippen LogP contribution in [0.4, 0.5) is 0 Å². The molecule has 0 aliphatic heterocycles. The maximum Gasteiger partial charge on any atom is 0.191 e. The molecule has 1 unspecified atom stereocenters. The van der Waals surface area contributed by atoms with Crippen LogP contribution in [-0.4, -0.2) is 39.9 Å². The van der Waals surface area contributed by atoms with Crippen LogP contribution in [0.3, 0.4) is 0 Å². The van der Waals surface area contributed by atoms with E-state index in [1.807, 2.05) is 56.7 Å². The predicted octanol–water partition coefficient (Wildman–Crippen LogP) is 2.26. The molecule has 0 aliphatic carbocycles. The van der Waals surface area contributed by atoms with Gasteiger partial charge in [0.1, 0.15) is 24.7 Å². The molecule has 0 saturated carbocycles. The first-order valence-electron chi connectivity index (χ1n) is 8.17. The lowest BCUT2D eigenvalue weighted by molar-refractivity contribution is 0.222. The van der Waals surface area contributed by atoms with Gasteiger partial charge >= 0.3 is 0 Å². The number of benzene rings is 1. The van der Waals surface area contributed by atoms with Gasteiger partial charge in [0, 0.05) is 13.6 Å². The summed E-state index contributed by atoms with van der Waals surface area (Å²) in [5.74, 6) is 2.46. The third-order valence-electron chi connectivity index (χ3n) is 3.51. The molecule has 25 heavy (non-hydrogen) atoms. The zero-order valence-electron chi connectivity index (χ0n) is 15.2. The molecule has 0 bridgehead atoms. The van der Waals surface area contributed by atoms with Gasteiger partial charge in [0.25, 0.3) is 0 Å². The molecule has 2 N–H and O–H groups in total. The van der Waals surface area contributed by atoms with Crippen molar-refractivity contribution in [3.05, 3.63) is 42.0 Å². The topological polar surface area (TPSA) is 76.4 Å². The minimum atomic E-state index is 0. The summed E-state index contributed by atoms with van der Waals surface area (Å²) in [6, 6.07) is 8.02. The van der Waals surface area contributed by atoms with E-state index in [0.29, 0.717) is 13.1 Å². The number of hydrogen-bond acceptors (Lipinski definition) is 4. The Morgan fingerprint density at radius 2 is 2.08 bits per heavy atom. The van der Waals surface area contributed by atoms with Crippen LogP contribution in [0.5, 0.6) is 5.75 Å². The molecule has 1 atom stereocenters. The lowest BCUT2D eigenvalue weighted by atomic mass is 10.2. The Morgan fingerprint density at radius 1 is 1.32 bits per heavy atom. The fraction of sp³-hybridized carbons (Fsp3) is 0.471. The number of aryl methyl sites for hydroxylation is 2. The van der Waals surface area contributed by atoms with Gasteiger partial charge in [-0.25, -0.2) is 4.99 Å². The fourth-order valence-electron chi connectivity index (χ4n) is 2.13. The second-order valence-electron chi connectivity index (χ2n) is 5.63. The summed E-state index contributed by atoms with van der Waals surface area (Å²) in [6.45, 7) is 8.02. The van der Waals surface area contributed by atoms with Crippen LogP contribution >= 0.6 is 24.0 Å². The summed E-state index contributed by atoms with van der Waals surface area (Å²) in [7, 11) is 1.91. The molecule has 0 fully saturated rings. The van der Waals surface area contributed by atoms with E-state index in [4.69, 9.17) is 4.74 Å². The van der Waals surface area contributed by atoms with Gasteiger partial charge in [0.05, 0.1) is 6.54 Å². The predicted molar refractivity (Wildman–Crippen MR) is 111 cm³/mol. The van der Waals surface area contributed by atoms with E-state index in [1.54, 1.807) is 6.33 Å². The number of guanidine groups is 1. The first-order chi connectivity index (χ1) is 11.6. The van der Waals surface area contributed by atoms with Crippen molar-refractivity contribution < 1.29 is 4.74 Å². The van der Waals surface area contributed by atoms with Gasteiger partial charge in [-0.3, -0.25) is 0 Å². The van der Waals surface area contributed by atoms with E-state index in [1.165, 1.54) is 0 Å². The summed E-state index contributed by atoms with van der Waals surface area (Å²) < 4.78 is 7.83. The highest BCUT2D eigenvalue weighted by atomic mass is 127. The number of hydrogen-bond donors (Lipinski definition) is 2. The fourth-order valence-corrected chi connectivity index (χ4v) is 2.13. The molecular weight excluding hydrogens is 431 g/mol. The number of nitrogens with one attached hydrogen (secondary N) is 2. The summed E-state index contributed by atoms with van der Waals surface area (Å²) in [4.78, 5) is 4.53. The van der Waals surface area contributed by atoms with Crippen LogP contribution in [0.1, 0.15) is 25.2 Å². The Bertz CT molecular complexity index is 673. The van der Waals surface area contributed by atoms with E-state index < -0.39 is 0 Å². The molecule has 7 nitrogen and oxygen atoms in total. The van der Waals surface area contributed by atoms with Crippen molar-refractivity contribution in [3.8, 4) is 5.75 Å². The van der Waals surface area contributed by atoms with Gasteiger partial charge in [-0.05, 0) is 32.4 Å². The van der Waals surface area contributed by atoms with Gasteiger partial charge in [-0.15, -0.1) is 34.2 Å². The summed E-state index contributed by atoms with van der Waals surface area (Å²) >= 11 is 0. The van der Waals surface area contributed by atoms with Gasteiger partial charge < -0.3 is 19.9 Å². The molecular formula is C17H27IN6O. The van der Waals surface area contributed by atoms with Crippen LogP contribution in [0.15, 0.2) is 35.6 Å². The molecule has 0 spiro atoms. The summed E-state index contributed by atoms with van der Waals surface area (Å²) in [5.41, 5.74) is 1.13. The number of para-hydroxylation sites is 1. The normalized spacial score (nSPS) is 12.2. The molecule has 0 amide bonds. The third-order valence-corrected chi connectivity index (χ3v) is 3.51. The highest BCUT2D eigenvalue weighted by Crippen LogP contribution is 2.17. The van der Waals surface area contributed by atoms with E-state index in [9.17, 15) is 0 Å². The van der Waals surface area contributed by atoms with Gasteiger partial charge in [0.2, 0.25) is 0 Å². The minimum Gasteiger partial charge on any atom is -0.489 e. The number of ether oxygens (including phenoxy) is 1. The van der Waals surface area contributed by atoms with Crippen LogP contribution in [0.2, 0.25) is 0 Å². The van der Waals surface area contributed by atoms with Gasteiger partial charge in [-0.1, -0.05) is 18.2 Å². The van der Waals surface area contributed by atoms with Crippen molar-refractivity contribution in [1.82, 2.24) is 25.4 Å². The third kappa shape index (κ3) is 6.89. The van der Waals surface area contributed by atoms with Crippen molar-refractivity contribution in [3.63, 3.8) is 0 Å². The number of nitrogens with zero attached hydrogens (tertiary/aromatic N) is 4. The number of aliphatic imine (C=N–C) groups is 1. The van der Waals surface area contributed by atoms with Crippen LogP contribution < -0.4 is 15.4 Å². The Kier molecular flexibility index (Phi) is 9.25. The van der Waals surface area contributed by atoms with Gasteiger partial charge in [0.15, 0.2) is 11.8 Å². The van der Waals surface area contributed by atoms with Crippen LogP contribution in [0, 0.1) is 6.92 Å². The number of rotatable bonds is 7. The first kappa shape index (κ1) is 21.2. The van der Waals surface area contributed by atoms with E-state index in [0.717, 1.165) is 29.6 Å². The smallest absolute Gasteiger partial charge is 0.191 e. The average molecular weight is 458 g/mol. The highest BCUT2D eigenvalue weighted by Gasteiger charge is 2.08. The van der Waals surface area contributed by atoms with Crippen molar-refractivity contribution >= 4 is 29.9 Å². The summed E-state index contributed by atoms with van der Waals surface area (Å²) in [5, 5.41) is 14.4. The van der Waals surface area contributed by atoms with Crippen molar-refractivity contribution in [2.24, 2.45) is 12.0 Å². The quantitative estimate of drug-likeness (QED) is 0.378. The maximum atomic E-state index is 5.97. The van der Waals surface area contributed by atoms with E-state index in [2.05, 4.69) is 25.8 Å². The maximum absolute atomic E-state index is 5.97. The Labute approximate surface area is 166 Å². The van der Waals surface area contributed by atoms with Crippen molar-refractivity contribution in [1.29, 1.82) is 0 Å². The molecule has 2 rings (SSSR count). The molecule has 8 heteroatoms. The minimum absolute atomic E-state index is 0. The standard InChI is InChI=1S/C17H26N6O.HI/c1-5-18-17(20-11-16-22-21-12-23(16)4)19-10-14(3)24-15-9-7-6-8-13(15)2;/h6-9,12,14H,5,10-11H2,1-4H3,(H2,18,19,20);1H. The van der Waals surface area contributed by atoms with E-state index in [-0.39, 0.29) is 30.1 Å². The van der Waals surface area contributed by atoms with Crippen molar-refractivity contribution in [2.45, 2.75) is 33.4 Å². The molecule has 0 saturated heterocycles.